The molecule has 0 unspecified atom stereocenters. The van der Waals surface area contributed by atoms with Crippen molar-refractivity contribution in [2.75, 3.05) is 0 Å². The third kappa shape index (κ3) is 3.67. The van der Waals surface area contributed by atoms with E-state index in [0.29, 0.717) is 12.6 Å². The molecule has 4 heteroatoms. The highest BCUT2D eigenvalue weighted by atomic mass is 16.6. The Hall–Kier alpha value is -1.42. The van der Waals surface area contributed by atoms with Gasteiger partial charge in [-0.05, 0) is 18.1 Å². The number of nitrogens with one attached hydrogen (secondary N) is 1. The van der Waals surface area contributed by atoms with Gasteiger partial charge in [0.2, 0.25) is 0 Å². The van der Waals surface area contributed by atoms with Crippen LogP contribution in [0.1, 0.15) is 25.0 Å². The lowest BCUT2D eigenvalue weighted by molar-refractivity contribution is -0.385. The number of non-ortho nitro benzene ring substituents is 1. The van der Waals surface area contributed by atoms with Crippen LogP contribution in [-0.2, 0) is 6.54 Å². The smallest absolute Gasteiger partial charge is 0.270 e. The van der Waals surface area contributed by atoms with E-state index < -0.39 is 0 Å². The summed E-state index contributed by atoms with van der Waals surface area (Å²) < 4.78 is 0. The molecule has 1 aromatic rings. The third-order valence-corrected chi connectivity index (χ3v) is 2.05. The number of nitro benzene ring substituents is 1. The lowest BCUT2D eigenvalue weighted by Crippen LogP contribution is -2.21. The lowest BCUT2D eigenvalue weighted by Gasteiger charge is -2.08. The van der Waals surface area contributed by atoms with Crippen LogP contribution in [-0.4, -0.2) is 11.0 Å². The van der Waals surface area contributed by atoms with Crippen LogP contribution in [0.5, 0.6) is 0 Å². The van der Waals surface area contributed by atoms with Gasteiger partial charge in [0.05, 0.1) is 4.92 Å². The van der Waals surface area contributed by atoms with Gasteiger partial charge in [-0.3, -0.25) is 10.1 Å². The second-order valence-electron chi connectivity index (χ2n) is 3.97. The Morgan fingerprint density at radius 1 is 1.40 bits per heavy atom. The minimum atomic E-state index is -0.355. The van der Waals surface area contributed by atoms with E-state index in [1.54, 1.807) is 12.1 Å². The molecule has 1 N–H and O–H groups in total. The SMILES string of the molecule is Cc1cc(CNC(C)C)cc([N+](=O)[O-])c1. The molecule has 0 bridgehead atoms. The van der Waals surface area contributed by atoms with E-state index in [2.05, 4.69) is 5.32 Å². The summed E-state index contributed by atoms with van der Waals surface area (Å²) >= 11 is 0. The highest BCUT2D eigenvalue weighted by Gasteiger charge is 2.07. The van der Waals surface area contributed by atoms with Gasteiger partial charge in [0.1, 0.15) is 0 Å². The number of hydrogen-bond donors (Lipinski definition) is 1. The predicted octanol–water partition coefficient (Wildman–Crippen LogP) is 2.40. The Balaban J connectivity index is 2.84. The van der Waals surface area contributed by atoms with Crippen molar-refractivity contribution in [2.24, 2.45) is 0 Å². The fourth-order valence-electron chi connectivity index (χ4n) is 1.37. The molecule has 15 heavy (non-hydrogen) atoms. The Kier molecular flexibility index (Phi) is 3.80. The van der Waals surface area contributed by atoms with Gasteiger partial charge in [-0.2, -0.15) is 0 Å². The lowest BCUT2D eigenvalue weighted by atomic mass is 10.1. The van der Waals surface area contributed by atoms with Gasteiger partial charge in [-0.1, -0.05) is 19.9 Å². The van der Waals surface area contributed by atoms with Crippen LogP contribution < -0.4 is 5.32 Å². The molecule has 0 aliphatic carbocycles. The molecule has 1 aromatic carbocycles. The first-order chi connectivity index (χ1) is 6.99. The molecule has 0 amide bonds. The molecule has 4 nitrogen and oxygen atoms in total. The molecule has 0 aliphatic rings. The zero-order valence-electron chi connectivity index (χ0n) is 9.28. The number of rotatable bonds is 4. The van der Waals surface area contributed by atoms with Crippen LogP contribution in [0.15, 0.2) is 18.2 Å². The second-order valence-corrected chi connectivity index (χ2v) is 3.97. The van der Waals surface area contributed by atoms with E-state index in [4.69, 9.17) is 0 Å². The predicted molar refractivity (Wildman–Crippen MR) is 59.8 cm³/mol. The van der Waals surface area contributed by atoms with Gasteiger partial charge in [0.25, 0.3) is 5.69 Å². The molecule has 0 saturated carbocycles. The maximum absolute atomic E-state index is 10.6. The Morgan fingerprint density at radius 3 is 2.60 bits per heavy atom. The van der Waals surface area contributed by atoms with Gasteiger partial charge in [-0.15, -0.1) is 0 Å². The van der Waals surface area contributed by atoms with E-state index >= 15 is 0 Å². The molecule has 0 aromatic heterocycles. The van der Waals surface area contributed by atoms with Crippen molar-refractivity contribution in [2.45, 2.75) is 33.4 Å². The average Bonchev–Trinajstić information content (AvgIpc) is 2.13. The van der Waals surface area contributed by atoms with E-state index in [-0.39, 0.29) is 10.6 Å². The number of nitro groups is 1. The van der Waals surface area contributed by atoms with E-state index in [1.807, 2.05) is 26.8 Å². The summed E-state index contributed by atoms with van der Waals surface area (Å²) in [6, 6.07) is 5.54. The van der Waals surface area contributed by atoms with Crippen LogP contribution in [0.2, 0.25) is 0 Å². The first-order valence-electron chi connectivity index (χ1n) is 4.97. The quantitative estimate of drug-likeness (QED) is 0.610. The summed E-state index contributed by atoms with van der Waals surface area (Å²) in [5, 5.41) is 13.9. The standard InChI is InChI=1S/C11H16N2O2/c1-8(2)12-7-10-4-9(3)5-11(6-10)13(14)15/h4-6,8,12H,7H2,1-3H3. The van der Waals surface area contributed by atoms with E-state index in [0.717, 1.165) is 11.1 Å². The third-order valence-electron chi connectivity index (χ3n) is 2.05. The second kappa shape index (κ2) is 4.89. The van der Waals surface area contributed by atoms with Crippen molar-refractivity contribution < 1.29 is 4.92 Å². The number of hydrogen-bond acceptors (Lipinski definition) is 3. The highest BCUT2D eigenvalue weighted by Crippen LogP contribution is 2.16. The molecular formula is C11H16N2O2. The van der Waals surface area contributed by atoms with Crippen molar-refractivity contribution in [1.29, 1.82) is 0 Å². The van der Waals surface area contributed by atoms with E-state index in [1.165, 1.54) is 0 Å². The molecular weight excluding hydrogens is 192 g/mol. The van der Waals surface area contributed by atoms with Crippen LogP contribution in [0, 0.1) is 17.0 Å². The zero-order valence-corrected chi connectivity index (χ0v) is 9.28. The summed E-state index contributed by atoms with van der Waals surface area (Å²) in [5.41, 5.74) is 2.04. The molecule has 0 heterocycles. The fraction of sp³-hybridized carbons (Fsp3) is 0.455. The van der Waals surface area contributed by atoms with Crippen molar-refractivity contribution in [3.63, 3.8) is 0 Å². The van der Waals surface area contributed by atoms with Crippen molar-refractivity contribution in [3.8, 4) is 0 Å². The highest BCUT2D eigenvalue weighted by molar-refractivity contribution is 5.38. The first-order valence-corrected chi connectivity index (χ1v) is 4.97. The topological polar surface area (TPSA) is 55.2 Å². The molecule has 82 valence electrons. The molecule has 1 rings (SSSR count). The van der Waals surface area contributed by atoms with Gasteiger partial charge in [-0.25, -0.2) is 0 Å². The Morgan fingerprint density at radius 2 is 2.07 bits per heavy atom. The minimum Gasteiger partial charge on any atom is -0.310 e. The summed E-state index contributed by atoms with van der Waals surface area (Å²) in [5.74, 6) is 0. The number of aryl methyl sites for hydroxylation is 1. The largest absolute Gasteiger partial charge is 0.310 e. The summed E-state index contributed by atoms with van der Waals surface area (Å²) in [6.45, 7) is 6.63. The van der Waals surface area contributed by atoms with Crippen molar-refractivity contribution >= 4 is 5.69 Å². The van der Waals surface area contributed by atoms with Crippen molar-refractivity contribution in [3.05, 3.63) is 39.4 Å². The molecule has 0 fully saturated rings. The average molecular weight is 208 g/mol. The maximum atomic E-state index is 10.6. The maximum Gasteiger partial charge on any atom is 0.270 e. The normalized spacial score (nSPS) is 10.7. The van der Waals surface area contributed by atoms with Crippen molar-refractivity contribution in [1.82, 2.24) is 5.32 Å². The Labute approximate surface area is 89.5 Å². The van der Waals surface area contributed by atoms with Gasteiger partial charge in [0, 0.05) is 24.7 Å². The molecule has 0 spiro atoms. The van der Waals surface area contributed by atoms with Crippen LogP contribution in [0.4, 0.5) is 5.69 Å². The molecule has 0 aliphatic heterocycles. The zero-order chi connectivity index (χ0) is 11.4. The van der Waals surface area contributed by atoms with Crippen LogP contribution in [0.3, 0.4) is 0 Å². The molecule has 0 radical (unpaired) electrons. The fourth-order valence-corrected chi connectivity index (χ4v) is 1.37. The monoisotopic (exact) mass is 208 g/mol. The first kappa shape index (κ1) is 11.7. The summed E-state index contributed by atoms with van der Waals surface area (Å²) in [7, 11) is 0. The van der Waals surface area contributed by atoms with Gasteiger partial charge < -0.3 is 5.32 Å². The molecule has 0 atom stereocenters. The van der Waals surface area contributed by atoms with Gasteiger partial charge >= 0.3 is 0 Å². The number of benzene rings is 1. The number of nitrogens with zero attached hydrogens (tertiary/aromatic N) is 1. The summed E-state index contributed by atoms with van der Waals surface area (Å²) in [6.07, 6.45) is 0. The van der Waals surface area contributed by atoms with E-state index in [9.17, 15) is 10.1 Å². The summed E-state index contributed by atoms with van der Waals surface area (Å²) in [4.78, 5) is 10.3. The minimum absolute atomic E-state index is 0.163. The van der Waals surface area contributed by atoms with Crippen LogP contribution in [0.25, 0.3) is 0 Å². The molecule has 0 saturated heterocycles. The van der Waals surface area contributed by atoms with Gasteiger partial charge in [0.15, 0.2) is 0 Å². The van der Waals surface area contributed by atoms with Crippen LogP contribution >= 0.6 is 0 Å². The Bertz CT molecular complexity index is 362.